The van der Waals surface area contributed by atoms with Crippen molar-refractivity contribution in [2.75, 3.05) is 33.4 Å². The van der Waals surface area contributed by atoms with E-state index in [-0.39, 0.29) is 0 Å². The number of rotatable bonds is 10. The van der Waals surface area contributed by atoms with Gasteiger partial charge >= 0.3 is 0 Å². The number of methoxy groups -OCH3 is 1. The third kappa shape index (κ3) is 5.51. The summed E-state index contributed by atoms with van der Waals surface area (Å²) in [6.45, 7) is 5.20. The second-order valence-corrected chi connectivity index (χ2v) is 7.20. The van der Waals surface area contributed by atoms with Crippen LogP contribution in [0.3, 0.4) is 0 Å². The van der Waals surface area contributed by atoms with Crippen molar-refractivity contribution >= 4 is 5.96 Å². The molecule has 1 saturated carbocycles. The molecule has 0 spiro atoms. The van der Waals surface area contributed by atoms with Crippen LogP contribution in [0.5, 0.6) is 0 Å². The monoisotopic (exact) mass is 386 g/mol. The molecule has 0 aromatic carbocycles. The van der Waals surface area contributed by atoms with E-state index in [0.717, 1.165) is 32.1 Å². The van der Waals surface area contributed by atoms with Crippen molar-refractivity contribution in [3.63, 3.8) is 0 Å². The molecular weight excluding hydrogens is 356 g/mol. The van der Waals surface area contributed by atoms with Gasteiger partial charge in [0.2, 0.25) is 0 Å². The maximum absolute atomic E-state index is 5.30. The lowest BCUT2D eigenvalue weighted by Gasteiger charge is -2.40. The van der Waals surface area contributed by atoms with Crippen LogP contribution >= 0.6 is 0 Å². The van der Waals surface area contributed by atoms with Crippen LogP contribution in [-0.2, 0) is 11.2 Å². The minimum Gasteiger partial charge on any atom is -0.385 e. The molecule has 0 radical (unpaired) electrons. The number of nitrogens with one attached hydrogen (secondary N) is 2. The Morgan fingerprint density at radius 1 is 1.32 bits per heavy atom. The topological polar surface area (TPSA) is 97.5 Å². The highest BCUT2D eigenvalue weighted by Gasteiger charge is 2.36. The van der Waals surface area contributed by atoms with Crippen LogP contribution in [0.25, 0.3) is 11.6 Å². The molecule has 28 heavy (non-hydrogen) atoms. The van der Waals surface area contributed by atoms with Gasteiger partial charge in [0.15, 0.2) is 11.8 Å². The number of aromatic nitrogens is 3. The molecule has 0 saturated heterocycles. The standard InChI is InChI=1S/C20H30N6O2/c1-3-21-19(24-15-20(9-6-10-20)11-14-27-2)23-13-8-17-25-18(28-26-17)16-7-4-5-12-22-16/h4-5,7,12H,3,6,8-11,13-15H2,1-2H3,(H2,21,23,24). The van der Waals surface area contributed by atoms with Crippen molar-refractivity contribution in [1.82, 2.24) is 25.8 Å². The van der Waals surface area contributed by atoms with Crippen molar-refractivity contribution in [2.24, 2.45) is 10.4 Å². The van der Waals surface area contributed by atoms with E-state index in [1.807, 2.05) is 18.2 Å². The summed E-state index contributed by atoms with van der Waals surface area (Å²) in [5.74, 6) is 1.93. The van der Waals surface area contributed by atoms with Crippen LogP contribution < -0.4 is 10.6 Å². The van der Waals surface area contributed by atoms with Gasteiger partial charge in [-0.25, -0.2) is 0 Å². The number of nitrogens with zero attached hydrogens (tertiary/aromatic N) is 4. The fourth-order valence-corrected chi connectivity index (χ4v) is 3.31. The van der Waals surface area contributed by atoms with E-state index in [1.54, 1.807) is 13.3 Å². The zero-order chi connectivity index (χ0) is 19.7. The number of ether oxygens (including phenoxy) is 1. The lowest BCUT2D eigenvalue weighted by atomic mass is 9.67. The first kappa shape index (κ1) is 20.3. The van der Waals surface area contributed by atoms with Gasteiger partial charge < -0.3 is 19.9 Å². The summed E-state index contributed by atoms with van der Waals surface area (Å²) in [6.07, 6.45) is 7.19. The molecule has 2 N–H and O–H groups in total. The third-order valence-electron chi connectivity index (χ3n) is 5.16. The van der Waals surface area contributed by atoms with E-state index >= 15 is 0 Å². The first-order valence-corrected chi connectivity index (χ1v) is 10.00. The first-order valence-electron chi connectivity index (χ1n) is 10.00. The summed E-state index contributed by atoms with van der Waals surface area (Å²) in [6, 6.07) is 5.61. The van der Waals surface area contributed by atoms with Gasteiger partial charge in [-0.05, 0) is 43.7 Å². The van der Waals surface area contributed by atoms with Crippen LogP contribution in [0.2, 0.25) is 0 Å². The Morgan fingerprint density at radius 2 is 2.21 bits per heavy atom. The van der Waals surface area contributed by atoms with Gasteiger partial charge in [-0.1, -0.05) is 17.6 Å². The SMILES string of the molecule is CCNC(=NCC1(CCOC)CCC1)NCCc1noc(-c2ccccn2)n1. The Bertz CT molecular complexity index is 742. The molecule has 2 aromatic heterocycles. The minimum absolute atomic E-state index is 0.309. The largest absolute Gasteiger partial charge is 0.385 e. The zero-order valence-electron chi connectivity index (χ0n) is 16.8. The molecule has 8 nitrogen and oxygen atoms in total. The van der Waals surface area contributed by atoms with Crippen molar-refractivity contribution < 1.29 is 9.26 Å². The highest BCUT2D eigenvalue weighted by Crippen LogP contribution is 2.44. The molecule has 0 bridgehead atoms. The number of hydrogen-bond acceptors (Lipinski definition) is 6. The number of pyridine rings is 1. The second-order valence-electron chi connectivity index (χ2n) is 7.20. The molecule has 0 atom stereocenters. The van der Waals surface area contributed by atoms with Gasteiger partial charge in [0.1, 0.15) is 5.69 Å². The third-order valence-corrected chi connectivity index (χ3v) is 5.16. The molecule has 3 rings (SSSR count). The fraction of sp³-hybridized carbons (Fsp3) is 0.600. The molecule has 1 aliphatic rings. The number of aliphatic imine (C=N–C) groups is 1. The summed E-state index contributed by atoms with van der Waals surface area (Å²) < 4.78 is 10.6. The Labute approximate surface area is 166 Å². The highest BCUT2D eigenvalue weighted by atomic mass is 16.5. The van der Waals surface area contributed by atoms with Crippen LogP contribution in [0.15, 0.2) is 33.9 Å². The van der Waals surface area contributed by atoms with Gasteiger partial charge in [-0.2, -0.15) is 4.98 Å². The van der Waals surface area contributed by atoms with Crippen LogP contribution in [-0.4, -0.2) is 54.4 Å². The molecule has 0 unspecified atom stereocenters. The van der Waals surface area contributed by atoms with Gasteiger partial charge in [0.05, 0.1) is 0 Å². The molecule has 1 aliphatic carbocycles. The average Bonchev–Trinajstić information content (AvgIpc) is 3.16. The second kappa shape index (κ2) is 10.2. The summed E-state index contributed by atoms with van der Waals surface area (Å²) in [7, 11) is 1.76. The smallest absolute Gasteiger partial charge is 0.276 e. The molecule has 2 aromatic rings. The van der Waals surface area contributed by atoms with Gasteiger partial charge in [-0.3, -0.25) is 9.98 Å². The normalized spacial score (nSPS) is 15.9. The van der Waals surface area contributed by atoms with E-state index in [1.165, 1.54) is 19.3 Å². The van der Waals surface area contributed by atoms with Crippen molar-refractivity contribution in [3.05, 3.63) is 30.2 Å². The zero-order valence-corrected chi connectivity index (χ0v) is 16.8. The summed E-state index contributed by atoms with van der Waals surface area (Å²) >= 11 is 0. The molecular formula is C20H30N6O2. The maximum Gasteiger partial charge on any atom is 0.276 e. The lowest BCUT2D eigenvalue weighted by molar-refractivity contribution is 0.0778. The minimum atomic E-state index is 0.309. The molecule has 0 aliphatic heterocycles. The van der Waals surface area contributed by atoms with E-state index < -0.39 is 0 Å². The van der Waals surface area contributed by atoms with E-state index in [2.05, 4.69) is 32.7 Å². The lowest BCUT2D eigenvalue weighted by Crippen LogP contribution is -2.41. The van der Waals surface area contributed by atoms with E-state index in [4.69, 9.17) is 14.3 Å². The van der Waals surface area contributed by atoms with Crippen molar-refractivity contribution in [1.29, 1.82) is 0 Å². The predicted molar refractivity (Wildman–Crippen MR) is 108 cm³/mol. The maximum atomic E-state index is 5.30. The van der Waals surface area contributed by atoms with Crippen LogP contribution in [0.4, 0.5) is 0 Å². The first-order chi connectivity index (χ1) is 13.7. The van der Waals surface area contributed by atoms with Gasteiger partial charge in [0, 0.05) is 46.0 Å². The highest BCUT2D eigenvalue weighted by molar-refractivity contribution is 5.79. The Balaban J connectivity index is 1.50. The Morgan fingerprint density at radius 3 is 2.89 bits per heavy atom. The molecule has 1 fully saturated rings. The van der Waals surface area contributed by atoms with Crippen molar-refractivity contribution in [2.45, 2.75) is 39.0 Å². The molecule has 8 heteroatoms. The van der Waals surface area contributed by atoms with Crippen LogP contribution in [0, 0.1) is 5.41 Å². The van der Waals surface area contributed by atoms with E-state index in [0.29, 0.717) is 35.8 Å². The average molecular weight is 387 g/mol. The fourth-order valence-electron chi connectivity index (χ4n) is 3.31. The molecule has 152 valence electrons. The predicted octanol–water partition coefficient (Wildman–Crippen LogP) is 2.44. The molecule has 2 heterocycles. The summed E-state index contributed by atoms with van der Waals surface area (Å²) in [5.41, 5.74) is 0.995. The van der Waals surface area contributed by atoms with Gasteiger partial charge in [0.25, 0.3) is 5.89 Å². The number of hydrogen-bond donors (Lipinski definition) is 2. The Kier molecular flexibility index (Phi) is 7.36. The molecule has 0 amide bonds. The summed E-state index contributed by atoms with van der Waals surface area (Å²) in [5, 5.41) is 10.7. The number of guanidine groups is 1. The van der Waals surface area contributed by atoms with Gasteiger partial charge in [-0.15, -0.1) is 0 Å². The van der Waals surface area contributed by atoms with E-state index in [9.17, 15) is 0 Å². The van der Waals surface area contributed by atoms with Crippen LogP contribution in [0.1, 0.15) is 38.4 Å². The van der Waals surface area contributed by atoms with Crippen molar-refractivity contribution in [3.8, 4) is 11.6 Å². The Hall–Kier alpha value is -2.48. The quantitative estimate of drug-likeness (QED) is 0.478. The summed E-state index contributed by atoms with van der Waals surface area (Å²) in [4.78, 5) is 13.4.